The monoisotopic (exact) mass is 629 g/mol. The topological polar surface area (TPSA) is 208 Å². The molecule has 3 N–H and O–H groups in total. The Hall–Kier alpha value is -4.54. The molecule has 1 aliphatic heterocycles. The summed E-state index contributed by atoms with van der Waals surface area (Å²) in [5.41, 5.74) is 0.695. The Balaban J connectivity index is 0.00000441. The first kappa shape index (κ1) is 35.5. The zero-order valence-electron chi connectivity index (χ0n) is 22.2. The molecule has 0 aromatic heterocycles. The van der Waals surface area contributed by atoms with E-state index >= 15 is 0 Å². The van der Waals surface area contributed by atoms with Gasteiger partial charge in [0, 0.05) is 49.9 Å². The molecule has 1 heterocycles. The third-order valence-corrected chi connectivity index (χ3v) is 5.67. The number of hydrogen-bond donors (Lipinski definition) is 3. The molecule has 1 fully saturated rings. The summed E-state index contributed by atoms with van der Waals surface area (Å²) in [6, 6.07) is 10.6. The SMILES string of the molecule is CC1CNCCN1C(=O)CN=C(NC(=O)OCc1ccc([N+](=O)[O-])cc1)NC(=O)OCc1ccc([N+](=O)[O-])cc1.Cl.Cl. The second kappa shape index (κ2) is 17.3. The first-order valence-electron chi connectivity index (χ1n) is 12.0. The number of benzene rings is 2. The number of nitro groups is 2. The Kier molecular flexibility index (Phi) is 14.6. The molecular weight excluding hydrogens is 601 g/mol. The van der Waals surface area contributed by atoms with Crippen LogP contribution in [0.25, 0.3) is 0 Å². The highest BCUT2D eigenvalue weighted by Crippen LogP contribution is 2.13. The van der Waals surface area contributed by atoms with Gasteiger partial charge < -0.3 is 19.7 Å². The van der Waals surface area contributed by atoms with Gasteiger partial charge in [-0.2, -0.15) is 0 Å². The molecular formula is C24H29Cl2N7O9. The molecule has 16 nitrogen and oxygen atoms in total. The molecule has 18 heteroatoms. The summed E-state index contributed by atoms with van der Waals surface area (Å²) in [4.78, 5) is 63.5. The first-order chi connectivity index (χ1) is 19.1. The van der Waals surface area contributed by atoms with Gasteiger partial charge in [0.1, 0.15) is 19.8 Å². The highest BCUT2D eigenvalue weighted by molar-refractivity contribution is 6.02. The lowest BCUT2D eigenvalue weighted by Gasteiger charge is -2.33. The van der Waals surface area contributed by atoms with Crippen LogP contribution in [0.1, 0.15) is 18.1 Å². The normalized spacial score (nSPS) is 13.7. The van der Waals surface area contributed by atoms with Gasteiger partial charge in [-0.3, -0.25) is 35.7 Å². The molecule has 1 saturated heterocycles. The average Bonchev–Trinajstić information content (AvgIpc) is 2.94. The van der Waals surface area contributed by atoms with Crippen LogP contribution in [0, 0.1) is 20.2 Å². The molecule has 0 spiro atoms. The summed E-state index contributed by atoms with van der Waals surface area (Å²) in [6.45, 7) is 2.72. The fourth-order valence-corrected chi connectivity index (χ4v) is 3.55. The van der Waals surface area contributed by atoms with Crippen LogP contribution in [-0.2, 0) is 27.5 Å². The number of nitrogens with zero attached hydrogens (tertiary/aromatic N) is 4. The van der Waals surface area contributed by atoms with Crippen molar-refractivity contribution in [1.82, 2.24) is 20.9 Å². The van der Waals surface area contributed by atoms with E-state index in [4.69, 9.17) is 9.47 Å². The van der Waals surface area contributed by atoms with Gasteiger partial charge >= 0.3 is 12.2 Å². The Bertz CT molecular complexity index is 1200. The summed E-state index contributed by atoms with van der Waals surface area (Å²) < 4.78 is 10.2. The number of guanidine groups is 1. The van der Waals surface area contributed by atoms with Gasteiger partial charge in [-0.05, 0) is 42.3 Å². The fourth-order valence-electron chi connectivity index (χ4n) is 3.55. The second-order valence-electron chi connectivity index (χ2n) is 8.55. The van der Waals surface area contributed by atoms with Crippen molar-refractivity contribution in [2.45, 2.75) is 26.2 Å². The van der Waals surface area contributed by atoms with Crippen LogP contribution >= 0.6 is 24.8 Å². The van der Waals surface area contributed by atoms with Gasteiger partial charge in [0.05, 0.1) is 9.85 Å². The van der Waals surface area contributed by atoms with Crippen molar-refractivity contribution >= 4 is 60.2 Å². The molecule has 2 aromatic carbocycles. The molecule has 3 amide bonds. The maximum absolute atomic E-state index is 12.7. The number of carbonyl (C=O) groups excluding carboxylic acids is 3. The number of hydrogen-bond acceptors (Lipinski definition) is 11. The number of non-ortho nitro benzene ring substituents is 2. The standard InChI is InChI=1S/C24H27N7O9.2ClH/c1-16-12-25-10-11-29(16)21(32)13-26-22(27-23(33)39-14-17-2-6-19(7-3-17)30(35)36)28-24(34)40-15-18-4-8-20(9-5-18)31(37)38;;/h2-9,16,25H,10-15H2,1H3,(H2,26,27,28,33,34);2*1H. The number of nitrogens with one attached hydrogen (secondary N) is 3. The fraction of sp³-hybridized carbons (Fsp3) is 0.333. The van der Waals surface area contributed by atoms with Crippen molar-refractivity contribution in [2.75, 3.05) is 26.2 Å². The molecule has 42 heavy (non-hydrogen) atoms. The Morgan fingerprint density at radius 1 is 0.905 bits per heavy atom. The molecule has 0 saturated carbocycles. The average molecular weight is 630 g/mol. The van der Waals surface area contributed by atoms with Crippen LogP contribution in [0.2, 0.25) is 0 Å². The van der Waals surface area contributed by atoms with Crippen LogP contribution in [0.3, 0.4) is 0 Å². The van der Waals surface area contributed by atoms with Crippen LogP contribution in [0.4, 0.5) is 21.0 Å². The summed E-state index contributed by atoms with van der Waals surface area (Å²) in [7, 11) is 0. The maximum atomic E-state index is 12.7. The van der Waals surface area contributed by atoms with Gasteiger partial charge in [0.2, 0.25) is 11.9 Å². The van der Waals surface area contributed by atoms with Crippen molar-refractivity contribution < 1.29 is 33.7 Å². The number of carbonyl (C=O) groups is 3. The highest BCUT2D eigenvalue weighted by atomic mass is 35.5. The minimum Gasteiger partial charge on any atom is -0.444 e. The largest absolute Gasteiger partial charge is 0.444 e. The molecule has 0 radical (unpaired) electrons. The smallest absolute Gasteiger partial charge is 0.414 e. The van der Waals surface area contributed by atoms with E-state index in [2.05, 4.69) is 20.9 Å². The lowest BCUT2D eigenvalue weighted by molar-refractivity contribution is -0.385. The zero-order chi connectivity index (χ0) is 29.1. The number of nitro benzene ring substituents is 2. The molecule has 1 aliphatic rings. The second-order valence-corrected chi connectivity index (χ2v) is 8.55. The first-order valence-corrected chi connectivity index (χ1v) is 12.0. The van der Waals surface area contributed by atoms with Gasteiger partial charge in [0.25, 0.3) is 11.4 Å². The summed E-state index contributed by atoms with van der Waals surface area (Å²) in [5, 5.41) is 29.2. The van der Waals surface area contributed by atoms with E-state index in [1.165, 1.54) is 48.5 Å². The minimum atomic E-state index is -1.02. The summed E-state index contributed by atoms with van der Waals surface area (Å²) in [6.07, 6.45) is -2.04. The van der Waals surface area contributed by atoms with E-state index in [1.807, 2.05) is 6.92 Å². The number of amides is 3. The summed E-state index contributed by atoms with van der Waals surface area (Å²) >= 11 is 0. The van der Waals surface area contributed by atoms with Gasteiger partial charge in [-0.1, -0.05) is 0 Å². The Labute approximate surface area is 251 Å². The van der Waals surface area contributed by atoms with Crippen molar-refractivity contribution in [3.63, 3.8) is 0 Å². The molecule has 0 bridgehead atoms. The third-order valence-electron chi connectivity index (χ3n) is 5.67. The molecule has 1 atom stereocenters. The van der Waals surface area contributed by atoms with Gasteiger partial charge in [-0.15, -0.1) is 24.8 Å². The third kappa shape index (κ3) is 11.1. The van der Waals surface area contributed by atoms with E-state index in [-0.39, 0.29) is 67.9 Å². The van der Waals surface area contributed by atoms with Crippen LogP contribution in [-0.4, -0.2) is 71.0 Å². The predicted octanol–water partition coefficient (Wildman–Crippen LogP) is 2.68. The predicted molar refractivity (Wildman–Crippen MR) is 154 cm³/mol. The van der Waals surface area contributed by atoms with Crippen LogP contribution < -0.4 is 16.0 Å². The molecule has 228 valence electrons. The lowest BCUT2D eigenvalue weighted by atomic mass is 10.2. The van der Waals surface area contributed by atoms with E-state index in [1.54, 1.807) is 4.90 Å². The van der Waals surface area contributed by atoms with Crippen LogP contribution in [0.5, 0.6) is 0 Å². The lowest BCUT2D eigenvalue weighted by Crippen LogP contribution is -2.53. The Morgan fingerprint density at radius 3 is 1.76 bits per heavy atom. The van der Waals surface area contributed by atoms with Crippen LogP contribution in [0.15, 0.2) is 53.5 Å². The minimum absolute atomic E-state index is 0. The highest BCUT2D eigenvalue weighted by Gasteiger charge is 2.23. The molecule has 1 unspecified atom stereocenters. The number of ether oxygens (including phenoxy) is 2. The van der Waals surface area contributed by atoms with Crippen molar-refractivity contribution in [3.8, 4) is 0 Å². The van der Waals surface area contributed by atoms with Gasteiger partial charge in [-0.25, -0.2) is 14.6 Å². The number of alkyl carbamates (subject to hydrolysis) is 2. The van der Waals surface area contributed by atoms with E-state index in [0.717, 1.165) is 0 Å². The number of aliphatic imine (C=N–C) groups is 1. The maximum Gasteiger partial charge on any atom is 0.414 e. The van der Waals surface area contributed by atoms with E-state index in [9.17, 15) is 34.6 Å². The van der Waals surface area contributed by atoms with Gasteiger partial charge in [0.15, 0.2) is 0 Å². The molecule has 3 rings (SSSR count). The van der Waals surface area contributed by atoms with Crippen molar-refractivity contribution in [1.29, 1.82) is 0 Å². The number of halogens is 2. The number of rotatable bonds is 8. The van der Waals surface area contributed by atoms with E-state index < -0.39 is 28.0 Å². The Morgan fingerprint density at radius 2 is 1.36 bits per heavy atom. The summed E-state index contributed by atoms with van der Waals surface area (Å²) in [5.74, 6) is -0.730. The molecule has 2 aromatic rings. The van der Waals surface area contributed by atoms with E-state index in [0.29, 0.717) is 30.8 Å². The number of piperazine rings is 1. The van der Waals surface area contributed by atoms with Crippen molar-refractivity contribution in [3.05, 3.63) is 79.9 Å². The quantitative estimate of drug-likeness (QED) is 0.168. The van der Waals surface area contributed by atoms with Crippen molar-refractivity contribution in [2.24, 2.45) is 4.99 Å². The zero-order valence-corrected chi connectivity index (χ0v) is 23.9. The molecule has 0 aliphatic carbocycles.